The van der Waals surface area contributed by atoms with Crippen LogP contribution in [-0.2, 0) is 44.3 Å². The van der Waals surface area contributed by atoms with Gasteiger partial charge in [0.1, 0.15) is 0 Å². The summed E-state index contributed by atoms with van der Waals surface area (Å²) in [6.45, 7) is 0. The van der Waals surface area contributed by atoms with E-state index in [1.54, 1.807) is 0 Å². The molecular weight excluding hydrogens is 227 g/mol. The summed E-state index contributed by atoms with van der Waals surface area (Å²) in [5.41, 5.74) is 0. The molecule has 0 saturated carbocycles. The number of hydrogen-bond acceptors (Lipinski definition) is 4. The molecule has 0 aliphatic carbocycles. The van der Waals surface area contributed by atoms with Gasteiger partial charge < -0.3 is 0 Å². The van der Waals surface area contributed by atoms with Crippen LogP contribution in [0.3, 0.4) is 0 Å². The summed E-state index contributed by atoms with van der Waals surface area (Å²) in [6.07, 6.45) is 0. The smallest absolute Gasteiger partial charge is 0 e. The van der Waals surface area contributed by atoms with E-state index in [9.17, 15) is 0 Å². The summed E-state index contributed by atoms with van der Waals surface area (Å²) in [6, 6.07) is 0. The molecule has 7 heavy (non-hydrogen) atoms. The van der Waals surface area contributed by atoms with E-state index < -0.39 is 18.1 Å². The molecule has 0 aromatic heterocycles. The van der Waals surface area contributed by atoms with E-state index in [0.717, 1.165) is 0 Å². The van der Waals surface area contributed by atoms with Crippen LogP contribution in [0.5, 0.6) is 0 Å². The molecule has 40 valence electrons. The standard InChI is InChI=1S/Mg.4H2O.Ti.Zr.2H/h;4*1H2;;;;/q;;;;;+4;;;/p-4. The molecule has 0 spiro atoms. The van der Waals surface area contributed by atoms with Crippen molar-refractivity contribution in [2.75, 3.05) is 0 Å². The second-order valence-corrected chi connectivity index (χ2v) is 2.47. The van der Waals surface area contributed by atoms with Crippen LogP contribution in [0.4, 0.5) is 0 Å². The van der Waals surface area contributed by atoms with Gasteiger partial charge in [-0.15, -0.1) is 0 Å². The topological polar surface area (TPSA) is 80.9 Å². The van der Waals surface area contributed by atoms with E-state index in [2.05, 4.69) is 0 Å². The molecule has 0 aromatic carbocycles. The predicted octanol–water partition coefficient (Wildman–Crippen LogP) is -3.15. The fourth-order valence-corrected chi connectivity index (χ4v) is 0. The first-order valence-corrected chi connectivity index (χ1v) is 3.69. The Hall–Kier alpha value is 2.20. The summed E-state index contributed by atoms with van der Waals surface area (Å²) in [5, 5.41) is 0. The SMILES string of the molecule is [MgH2].[OH][Ti]([OH])([OH])[OH].[Zr]. The van der Waals surface area contributed by atoms with Crippen LogP contribution < -0.4 is 0 Å². The first-order chi connectivity index (χ1) is 2.00. The van der Waals surface area contributed by atoms with E-state index in [1.165, 1.54) is 0 Å². The Morgan fingerprint density at radius 3 is 0.857 bits per heavy atom. The van der Waals surface area contributed by atoms with Crippen molar-refractivity contribution < 1.29 is 59.1 Å². The zero-order valence-electron chi connectivity index (χ0n) is 2.79. The van der Waals surface area contributed by atoms with Gasteiger partial charge in [0, 0.05) is 26.2 Å². The maximum Gasteiger partial charge on any atom is 0 e. The largest absolute Gasteiger partial charge is 0 e. The van der Waals surface area contributed by atoms with Crippen molar-refractivity contribution in [3.05, 3.63) is 0 Å². The summed E-state index contributed by atoms with van der Waals surface area (Å²) in [7, 11) is 0. The molecule has 7 heteroatoms. The normalized spacial score (nSPS) is 8.57. The van der Waals surface area contributed by atoms with E-state index in [1.807, 2.05) is 0 Å². The Morgan fingerprint density at radius 2 is 0.857 bits per heavy atom. The molecule has 0 rings (SSSR count). The van der Waals surface area contributed by atoms with Crippen LogP contribution in [0.25, 0.3) is 0 Å². The Morgan fingerprint density at radius 1 is 0.857 bits per heavy atom. The van der Waals surface area contributed by atoms with Crippen molar-refractivity contribution in [1.82, 2.24) is 0 Å². The van der Waals surface area contributed by atoms with Crippen molar-refractivity contribution in [1.29, 1.82) is 0 Å². The molecule has 0 amide bonds. The minimum atomic E-state index is -5.00. The average molecular weight is 233 g/mol. The van der Waals surface area contributed by atoms with Gasteiger partial charge in [-0.2, -0.15) is 0 Å². The quantitative estimate of drug-likeness (QED) is 0.333. The van der Waals surface area contributed by atoms with Gasteiger partial charge in [0.25, 0.3) is 0 Å². The molecule has 0 saturated heterocycles. The molecule has 0 bridgehead atoms. The van der Waals surface area contributed by atoms with E-state index >= 15 is 0 Å². The molecule has 4 N–H and O–H groups in total. The third-order valence-electron chi connectivity index (χ3n) is 0. The van der Waals surface area contributed by atoms with Gasteiger partial charge in [0.05, 0.1) is 0 Å². The van der Waals surface area contributed by atoms with Crippen molar-refractivity contribution in [3.8, 4) is 0 Å². The minimum absolute atomic E-state index is 0. The summed E-state index contributed by atoms with van der Waals surface area (Å²) in [4.78, 5) is 0. The molecule has 0 aliphatic heterocycles. The fourth-order valence-electron chi connectivity index (χ4n) is 0. The molecule has 0 atom stereocenters. The molecular formula is H6MgO4TiZr. The van der Waals surface area contributed by atoms with Crippen molar-refractivity contribution >= 4 is 23.1 Å². The Kier molecular flexibility index (Phi) is 14.5. The van der Waals surface area contributed by atoms with E-state index in [4.69, 9.17) is 14.8 Å². The molecule has 0 aromatic rings. The van der Waals surface area contributed by atoms with E-state index in [-0.39, 0.29) is 49.3 Å². The first kappa shape index (κ1) is 16.1. The maximum atomic E-state index is 7.38. The Bertz CT molecular complexity index is 27.2. The van der Waals surface area contributed by atoms with Gasteiger partial charge in [-0.25, -0.2) is 0 Å². The van der Waals surface area contributed by atoms with Crippen LogP contribution in [-0.4, -0.2) is 37.8 Å². The monoisotopic (exact) mass is 232 g/mol. The van der Waals surface area contributed by atoms with Gasteiger partial charge in [-0.3, -0.25) is 0 Å². The zero-order chi connectivity index (χ0) is 4.50. The van der Waals surface area contributed by atoms with Crippen LogP contribution >= 0.6 is 0 Å². The summed E-state index contributed by atoms with van der Waals surface area (Å²) in [5.74, 6) is 0. The second-order valence-electron chi connectivity index (χ2n) is 0.600. The van der Waals surface area contributed by atoms with Gasteiger partial charge in [-0.05, 0) is 0 Å². The van der Waals surface area contributed by atoms with Crippen molar-refractivity contribution in [2.45, 2.75) is 0 Å². The average Bonchev–Trinajstić information content (AvgIpc) is 0.722. The van der Waals surface area contributed by atoms with E-state index in [0.29, 0.717) is 0 Å². The van der Waals surface area contributed by atoms with Crippen molar-refractivity contribution in [2.24, 2.45) is 0 Å². The van der Waals surface area contributed by atoms with Gasteiger partial charge in [-0.1, -0.05) is 0 Å². The predicted molar refractivity (Wildman–Crippen MR) is 17.4 cm³/mol. The molecule has 4 nitrogen and oxygen atoms in total. The Labute approximate surface area is 81.1 Å². The first-order valence-electron chi connectivity index (χ1n) is 0.894. The molecule has 0 unspecified atom stereocenters. The molecule has 0 heterocycles. The third-order valence-corrected chi connectivity index (χ3v) is 0. The number of hydrogen-bond donors (Lipinski definition) is 4. The molecule has 0 fully saturated rings. The fraction of sp³-hybridized carbons (Fsp3) is 0. The second kappa shape index (κ2) is 6.33. The van der Waals surface area contributed by atoms with Crippen molar-refractivity contribution in [3.63, 3.8) is 0 Å². The number of rotatable bonds is 0. The minimum Gasteiger partial charge on any atom is 0 e. The maximum absolute atomic E-state index is 7.38. The third kappa shape index (κ3) is 65.0. The van der Waals surface area contributed by atoms with Crippen LogP contribution in [0.2, 0.25) is 0 Å². The molecule has 0 aliphatic rings. The summed E-state index contributed by atoms with van der Waals surface area (Å²) < 4.78 is 29.5. The van der Waals surface area contributed by atoms with Gasteiger partial charge >= 0.3 is 55.9 Å². The summed E-state index contributed by atoms with van der Waals surface area (Å²) >= 11 is -5.00. The van der Waals surface area contributed by atoms with Gasteiger partial charge in [0.15, 0.2) is 0 Å². The van der Waals surface area contributed by atoms with Crippen LogP contribution in [0.1, 0.15) is 0 Å². The van der Waals surface area contributed by atoms with Crippen LogP contribution in [0, 0.1) is 0 Å². The Balaban J connectivity index is -0.0000000800. The zero-order valence-corrected chi connectivity index (χ0v) is 6.81. The molecule has 0 radical (unpaired) electrons. The van der Waals surface area contributed by atoms with Gasteiger partial charge in [0.2, 0.25) is 0 Å². The van der Waals surface area contributed by atoms with Crippen LogP contribution in [0.15, 0.2) is 0 Å².